The average Bonchev–Trinajstić information content (AvgIpc) is 2.89. The van der Waals surface area contributed by atoms with Crippen molar-refractivity contribution in [3.63, 3.8) is 0 Å². The Kier molecular flexibility index (Phi) is 5.76. The van der Waals surface area contributed by atoms with Gasteiger partial charge in [0.05, 0.1) is 17.4 Å². The summed E-state index contributed by atoms with van der Waals surface area (Å²) in [6.07, 6.45) is -3.49. The third-order valence-electron chi connectivity index (χ3n) is 4.71. The SMILES string of the molecule is Cc1nn(CC(F)(F)F)cc1-c1cc(N2CC(N(C)C(=O)OC(C)(C)C)C2)nc(N)n1. The summed E-state index contributed by atoms with van der Waals surface area (Å²) in [6, 6.07) is 1.59. The van der Waals surface area contributed by atoms with Gasteiger partial charge in [-0.15, -0.1) is 0 Å². The Morgan fingerprint density at radius 3 is 2.52 bits per heavy atom. The number of aromatic nitrogens is 4. The molecule has 1 fully saturated rings. The van der Waals surface area contributed by atoms with Crippen LogP contribution >= 0.6 is 0 Å². The van der Waals surface area contributed by atoms with Crippen LogP contribution in [0, 0.1) is 6.92 Å². The number of nitrogens with zero attached hydrogens (tertiary/aromatic N) is 6. The first kappa shape index (κ1) is 22.6. The van der Waals surface area contributed by atoms with E-state index in [1.807, 2.05) is 4.90 Å². The molecule has 3 rings (SSSR count). The van der Waals surface area contributed by atoms with Crippen LogP contribution in [0.5, 0.6) is 0 Å². The van der Waals surface area contributed by atoms with Crippen molar-refractivity contribution >= 4 is 17.9 Å². The summed E-state index contributed by atoms with van der Waals surface area (Å²) in [7, 11) is 1.67. The minimum atomic E-state index is -4.38. The van der Waals surface area contributed by atoms with E-state index < -0.39 is 24.4 Å². The highest BCUT2D eigenvalue weighted by Crippen LogP contribution is 2.29. The van der Waals surface area contributed by atoms with E-state index in [0.29, 0.717) is 35.9 Å². The fraction of sp³-hybridized carbons (Fsp3) is 0.579. The first-order chi connectivity index (χ1) is 14.2. The number of halogens is 3. The third kappa shape index (κ3) is 5.56. The van der Waals surface area contributed by atoms with Crippen LogP contribution in [0.15, 0.2) is 12.3 Å². The maximum Gasteiger partial charge on any atom is 0.410 e. The number of nitrogens with two attached hydrogens (primary N) is 1. The number of likely N-dealkylation sites (N-methyl/N-ethyl adjacent to an activating group) is 1. The van der Waals surface area contributed by atoms with Gasteiger partial charge in [0.1, 0.15) is 18.0 Å². The molecule has 0 saturated carbocycles. The second-order valence-corrected chi connectivity index (χ2v) is 8.56. The molecule has 1 aliphatic rings. The second kappa shape index (κ2) is 7.89. The van der Waals surface area contributed by atoms with Gasteiger partial charge in [0, 0.05) is 38.0 Å². The molecule has 1 aliphatic heterocycles. The summed E-state index contributed by atoms with van der Waals surface area (Å²) in [4.78, 5) is 24.0. The van der Waals surface area contributed by atoms with Crippen molar-refractivity contribution in [3.8, 4) is 11.3 Å². The van der Waals surface area contributed by atoms with Gasteiger partial charge in [0.15, 0.2) is 0 Å². The van der Waals surface area contributed by atoms with E-state index in [1.54, 1.807) is 45.7 Å². The molecule has 9 nitrogen and oxygen atoms in total. The van der Waals surface area contributed by atoms with Crippen molar-refractivity contribution in [1.82, 2.24) is 24.6 Å². The zero-order valence-corrected chi connectivity index (χ0v) is 18.1. The van der Waals surface area contributed by atoms with Gasteiger partial charge in [-0.2, -0.15) is 23.3 Å². The molecule has 31 heavy (non-hydrogen) atoms. The standard InChI is InChI=1S/C19H26F3N7O2/c1-11-13(9-29(26-11)10-19(20,21)22)14-6-15(25-16(23)24-14)28-7-12(8-28)27(5)17(30)31-18(2,3)4/h6,9,12H,7-8,10H2,1-5H3,(H2,23,24,25). The van der Waals surface area contributed by atoms with Gasteiger partial charge in [-0.1, -0.05) is 0 Å². The molecular weight excluding hydrogens is 415 g/mol. The molecule has 0 spiro atoms. The monoisotopic (exact) mass is 441 g/mol. The van der Waals surface area contributed by atoms with Gasteiger partial charge in [-0.3, -0.25) is 4.68 Å². The molecule has 170 valence electrons. The number of hydrogen-bond acceptors (Lipinski definition) is 7. The molecule has 2 aromatic rings. The maximum atomic E-state index is 12.7. The van der Waals surface area contributed by atoms with Crippen LogP contribution < -0.4 is 10.6 Å². The Morgan fingerprint density at radius 2 is 1.94 bits per heavy atom. The summed E-state index contributed by atoms with van der Waals surface area (Å²) in [6.45, 7) is 6.85. The average molecular weight is 441 g/mol. The first-order valence-corrected chi connectivity index (χ1v) is 9.68. The predicted molar refractivity (Wildman–Crippen MR) is 108 cm³/mol. The smallest absolute Gasteiger partial charge is 0.410 e. The van der Waals surface area contributed by atoms with E-state index >= 15 is 0 Å². The van der Waals surface area contributed by atoms with E-state index in [0.717, 1.165) is 4.68 Å². The highest BCUT2D eigenvalue weighted by Gasteiger charge is 2.35. The van der Waals surface area contributed by atoms with Crippen molar-refractivity contribution < 1.29 is 22.7 Å². The normalized spacial score (nSPS) is 15.0. The van der Waals surface area contributed by atoms with Crippen LogP contribution in [0.25, 0.3) is 11.3 Å². The molecular formula is C19H26F3N7O2. The minimum absolute atomic E-state index is 0.000539. The number of nitrogen functional groups attached to an aromatic ring is 1. The molecule has 0 aliphatic carbocycles. The number of rotatable bonds is 4. The third-order valence-corrected chi connectivity index (χ3v) is 4.71. The predicted octanol–water partition coefficient (Wildman–Crippen LogP) is 2.85. The van der Waals surface area contributed by atoms with Crippen LogP contribution in [0.2, 0.25) is 0 Å². The Balaban J connectivity index is 1.73. The number of hydrogen-bond donors (Lipinski definition) is 1. The Bertz CT molecular complexity index is 962. The molecule has 3 heterocycles. The minimum Gasteiger partial charge on any atom is -0.444 e. The van der Waals surface area contributed by atoms with Crippen LogP contribution in [0.3, 0.4) is 0 Å². The number of aryl methyl sites for hydroxylation is 1. The Morgan fingerprint density at radius 1 is 1.29 bits per heavy atom. The quantitative estimate of drug-likeness (QED) is 0.778. The van der Waals surface area contributed by atoms with Gasteiger partial charge >= 0.3 is 12.3 Å². The van der Waals surface area contributed by atoms with E-state index in [-0.39, 0.29) is 12.0 Å². The summed E-state index contributed by atoms with van der Waals surface area (Å²) >= 11 is 0. The zero-order chi connectivity index (χ0) is 23.1. The van der Waals surface area contributed by atoms with Gasteiger partial charge in [-0.05, 0) is 27.7 Å². The largest absolute Gasteiger partial charge is 0.444 e. The Hall–Kier alpha value is -3.05. The molecule has 0 atom stereocenters. The second-order valence-electron chi connectivity index (χ2n) is 8.56. The molecule has 1 saturated heterocycles. The molecule has 1 amide bonds. The number of ether oxygens (including phenoxy) is 1. The van der Waals surface area contributed by atoms with Crippen LogP contribution in [-0.2, 0) is 11.3 Å². The van der Waals surface area contributed by atoms with Crippen molar-refractivity contribution in [1.29, 1.82) is 0 Å². The van der Waals surface area contributed by atoms with E-state index in [1.165, 1.54) is 6.20 Å². The van der Waals surface area contributed by atoms with Crippen molar-refractivity contribution in [2.75, 3.05) is 30.8 Å². The van der Waals surface area contributed by atoms with Crippen molar-refractivity contribution in [3.05, 3.63) is 18.0 Å². The zero-order valence-electron chi connectivity index (χ0n) is 18.1. The lowest BCUT2D eigenvalue weighted by Crippen LogP contribution is -2.60. The lowest BCUT2D eigenvalue weighted by atomic mass is 10.1. The maximum absolute atomic E-state index is 12.7. The molecule has 2 aromatic heterocycles. The number of anilines is 2. The molecule has 0 aromatic carbocycles. The van der Waals surface area contributed by atoms with Crippen molar-refractivity contribution in [2.24, 2.45) is 0 Å². The van der Waals surface area contributed by atoms with Crippen LogP contribution in [0.4, 0.5) is 29.7 Å². The van der Waals surface area contributed by atoms with Crippen molar-refractivity contribution in [2.45, 2.75) is 52.1 Å². The van der Waals surface area contributed by atoms with Crippen LogP contribution in [0.1, 0.15) is 26.5 Å². The lowest BCUT2D eigenvalue weighted by molar-refractivity contribution is -0.142. The van der Waals surface area contributed by atoms with Crippen LogP contribution in [-0.4, -0.2) is 68.7 Å². The highest BCUT2D eigenvalue weighted by molar-refractivity contribution is 5.70. The topological polar surface area (TPSA) is 102 Å². The molecule has 0 unspecified atom stereocenters. The highest BCUT2D eigenvalue weighted by atomic mass is 19.4. The van der Waals surface area contributed by atoms with Gasteiger partial charge in [0.25, 0.3) is 0 Å². The fourth-order valence-corrected chi connectivity index (χ4v) is 3.16. The van der Waals surface area contributed by atoms with Gasteiger partial charge in [-0.25, -0.2) is 9.78 Å². The van der Waals surface area contributed by atoms with Gasteiger partial charge in [0.2, 0.25) is 5.95 Å². The summed E-state index contributed by atoms with van der Waals surface area (Å²) in [5.41, 5.74) is 6.49. The fourth-order valence-electron chi connectivity index (χ4n) is 3.16. The van der Waals surface area contributed by atoms with E-state index in [2.05, 4.69) is 15.1 Å². The molecule has 12 heteroatoms. The van der Waals surface area contributed by atoms with Gasteiger partial charge < -0.3 is 20.3 Å². The first-order valence-electron chi connectivity index (χ1n) is 9.68. The number of carbonyl (C=O) groups excluding carboxylic acids is 1. The number of amides is 1. The molecule has 0 radical (unpaired) electrons. The number of carbonyl (C=O) groups is 1. The summed E-state index contributed by atoms with van der Waals surface area (Å²) in [5.74, 6) is 0.527. The summed E-state index contributed by atoms with van der Waals surface area (Å²) < 4.78 is 44.2. The molecule has 0 bridgehead atoms. The lowest BCUT2D eigenvalue weighted by Gasteiger charge is -2.44. The molecule has 2 N–H and O–H groups in total. The Labute approximate surface area is 178 Å². The van der Waals surface area contributed by atoms with E-state index in [4.69, 9.17) is 10.5 Å². The summed E-state index contributed by atoms with van der Waals surface area (Å²) in [5, 5.41) is 3.92. The van der Waals surface area contributed by atoms with E-state index in [9.17, 15) is 18.0 Å². The number of alkyl halides is 3.